The molecule has 0 aromatic rings. The van der Waals surface area contributed by atoms with Crippen molar-refractivity contribution in [2.24, 2.45) is 0 Å². The predicted octanol–water partition coefficient (Wildman–Crippen LogP) is 2.03. The van der Waals surface area contributed by atoms with Crippen molar-refractivity contribution in [1.82, 2.24) is 4.90 Å². The van der Waals surface area contributed by atoms with Gasteiger partial charge in [-0.3, -0.25) is 4.90 Å². The number of hydrogen-bond donors (Lipinski definition) is 0. The zero-order chi connectivity index (χ0) is 9.19. The maximum atomic E-state index is 11.8. The molecule has 66 valence electrons. The SMILES string of the molecule is [2H]C1CCN(CC(F)(F)F)CC1. The Morgan fingerprint density at radius 3 is 2.27 bits per heavy atom. The Bertz CT molecular complexity index is 140. The van der Waals surface area contributed by atoms with Crippen LogP contribution in [0.5, 0.6) is 0 Å². The van der Waals surface area contributed by atoms with Crippen LogP contribution >= 0.6 is 0 Å². The van der Waals surface area contributed by atoms with Gasteiger partial charge >= 0.3 is 6.18 Å². The number of nitrogens with zero attached hydrogens (tertiary/aromatic N) is 1. The first kappa shape index (κ1) is 7.40. The van der Waals surface area contributed by atoms with Gasteiger partial charge in [0.15, 0.2) is 0 Å². The van der Waals surface area contributed by atoms with Gasteiger partial charge in [0.05, 0.1) is 6.54 Å². The molecule has 1 saturated heterocycles. The first-order chi connectivity index (χ1) is 5.47. The molecule has 0 aromatic carbocycles. The molecule has 1 aliphatic heterocycles. The van der Waals surface area contributed by atoms with E-state index in [9.17, 15) is 13.2 Å². The normalized spacial score (nSPS) is 25.2. The summed E-state index contributed by atoms with van der Waals surface area (Å²) in [6.45, 7) is 0.00106. The summed E-state index contributed by atoms with van der Waals surface area (Å²) in [6, 6.07) is 0. The number of alkyl halides is 3. The third kappa shape index (κ3) is 3.60. The van der Waals surface area contributed by atoms with Crippen molar-refractivity contribution in [2.75, 3.05) is 19.6 Å². The van der Waals surface area contributed by atoms with Gasteiger partial charge in [-0.15, -0.1) is 0 Å². The lowest BCUT2D eigenvalue weighted by Gasteiger charge is -2.26. The molecule has 1 heterocycles. The molecule has 0 unspecified atom stereocenters. The van der Waals surface area contributed by atoms with Gasteiger partial charge < -0.3 is 0 Å². The van der Waals surface area contributed by atoms with Crippen molar-refractivity contribution in [3.8, 4) is 0 Å². The number of likely N-dealkylation sites (tertiary alicyclic amines) is 1. The van der Waals surface area contributed by atoms with Gasteiger partial charge in [0, 0.05) is 1.37 Å². The minimum Gasteiger partial charge on any atom is -0.295 e. The number of rotatable bonds is 1. The Hall–Kier alpha value is -0.250. The molecule has 0 spiro atoms. The van der Waals surface area contributed by atoms with Crippen molar-refractivity contribution in [2.45, 2.75) is 25.4 Å². The van der Waals surface area contributed by atoms with Crippen molar-refractivity contribution in [3.05, 3.63) is 0 Å². The molecule has 0 bridgehead atoms. The van der Waals surface area contributed by atoms with Crippen LogP contribution in [0, 0.1) is 0 Å². The van der Waals surface area contributed by atoms with Crippen LogP contribution in [-0.4, -0.2) is 30.7 Å². The van der Waals surface area contributed by atoms with Gasteiger partial charge in [-0.1, -0.05) is 6.40 Å². The first-order valence-corrected chi connectivity index (χ1v) is 3.69. The number of hydrogen-bond acceptors (Lipinski definition) is 1. The molecule has 1 rings (SSSR count). The van der Waals surface area contributed by atoms with Crippen LogP contribution in [0.15, 0.2) is 0 Å². The second-order valence-electron chi connectivity index (χ2n) is 2.76. The van der Waals surface area contributed by atoms with E-state index < -0.39 is 12.7 Å². The van der Waals surface area contributed by atoms with Crippen molar-refractivity contribution in [1.29, 1.82) is 0 Å². The number of halogens is 3. The highest BCUT2D eigenvalue weighted by atomic mass is 19.4. The third-order valence-corrected chi connectivity index (χ3v) is 1.70. The Morgan fingerprint density at radius 2 is 1.82 bits per heavy atom. The lowest BCUT2D eigenvalue weighted by molar-refractivity contribution is -0.147. The van der Waals surface area contributed by atoms with Gasteiger partial charge in [-0.25, -0.2) is 0 Å². The summed E-state index contributed by atoms with van der Waals surface area (Å²) in [5.74, 6) is 0. The van der Waals surface area contributed by atoms with E-state index in [1.165, 1.54) is 4.90 Å². The first-order valence-electron chi connectivity index (χ1n) is 4.26. The Balaban J connectivity index is 2.26. The maximum absolute atomic E-state index is 11.8. The van der Waals surface area contributed by atoms with Crippen LogP contribution < -0.4 is 0 Å². The smallest absolute Gasteiger partial charge is 0.295 e. The lowest BCUT2D eigenvalue weighted by atomic mass is 10.1. The molecule has 4 heteroatoms. The average molecular weight is 168 g/mol. The third-order valence-electron chi connectivity index (χ3n) is 1.70. The molecular formula is C7H12F3N. The van der Waals surface area contributed by atoms with Crippen LogP contribution in [-0.2, 0) is 0 Å². The minimum atomic E-state index is -4.09. The minimum absolute atomic E-state index is 0.158. The van der Waals surface area contributed by atoms with E-state index in [1.807, 2.05) is 0 Å². The van der Waals surface area contributed by atoms with E-state index in [0.717, 1.165) is 0 Å². The molecule has 11 heavy (non-hydrogen) atoms. The number of piperidine rings is 1. The van der Waals surface area contributed by atoms with Gasteiger partial charge in [0.25, 0.3) is 0 Å². The van der Waals surface area contributed by atoms with Crippen molar-refractivity contribution in [3.63, 3.8) is 0 Å². The van der Waals surface area contributed by atoms with Crippen LogP contribution in [0.1, 0.15) is 20.6 Å². The van der Waals surface area contributed by atoms with E-state index in [2.05, 4.69) is 0 Å². The molecular weight excluding hydrogens is 155 g/mol. The molecule has 0 radical (unpaired) electrons. The average Bonchev–Trinajstić information content (AvgIpc) is 1.91. The summed E-state index contributed by atoms with van der Waals surface area (Å²) in [5.41, 5.74) is 0. The Labute approximate surface area is 65.6 Å². The van der Waals surface area contributed by atoms with Crippen LogP contribution in [0.25, 0.3) is 0 Å². The van der Waals surface area contributed by atoms with E-state index >= 15 is 0 Å². The summed E-state index contributed by atoms with van der Waals surface area (Å²) in [4.78, 5) is 1.37. The predicted molar refractivity (Wildman–Crippen MR) is 36.3 cm³/mol. The topological polar surface area (TPSA) is 3.24 Å². The molecule has 0 aliphatic carbocycles. The van der Waals surface area contributed by atoms with Gasteiger partial charge in [-0.05, 0) is 25.9 Å². The highest BCUT2D eigenvalue weighted by molar-refractivity contribution is 4.67. The van der Waals surface area contributed by atoms with Crippen molar-refractivity contribution >= 4 is 0 Å². The monoisotopic (exact) mass is 168 g/mol. The second-order valence-corrected chi connectivity index (χ2v) is 2.76. The summed E-state index contributed by atoms with van der Waals surface area (Å²) in [6.07, 6.45) is -3.12. The fraction of sp³-hybridized carbons (Fsp3) is 1.00. The van der Waals surface area contributed by atoms with Gasteiger partial charge in [0.2, 0.25) is 0 Å². The zero-order valence-electron chi connectivity index (χ0n) is 7.19. The van der Waals surface area contributed by atoms with Gasteiger partial charge in [0.1, 0.15) is 0 Å². The summed E-state index contributed by atoms with van der Waals surface area (Å²) in [7, 11) is 0. The van der Waals surface area contributed by atoms with Crippen LogP contribution in [0.2, 0.25) is 0 Å². The molecule has 0 amide bonds. The quantitative estimate of drug-likeness (QED) is 0.579. The summed E-state index contributed by atoms with van der Waals surface area (Å²) >= 11 is 0. The molecule has 0 aromatic heterocycles. The van der Waals surface area contributed by atoms with E-state index in [4.69, 9.17) is 1.37 Å². The molecule has 0 saturated carbocycles. The van der Waals surface area contributed by atoms with Crippen molar-refractivity contribution < 1.29 is 14.5 Å². The second kappa shape index (κ2) is 3.43. The fourth-order valence-electron chi connectivity index (χ4n) is 1.22. The molecule has 1 aliphatic rings. The largest absolute Gasteiger partial charge is 0.401 e. The Morgan fingerprint density at radius 1 is 1.27 bits per heavy atom. The van der Waals surface area contributed by atoms with Gasteiger partial charge in [-0.2, -0.15) is 13.2 Å². The Kier molecular flexibility index (Phi) is 2.31. The molecule has 1 nitrogen and oxygen atoms in total. The summed E-state index contributed by atoms with van der Waals surface area (Å²) in [5, 5.41) is 0. The van der Waals surface area contributed by atoms with Crippen LogP contribution in [0.4, 0.5) is 13.2 Å². The maximum Gasteiger partial charge on any atom is 0.401 e. The highest BCUT2D eigenvalue weighted by Crippen LogP contribution is 2.19. The van der Waals surface area contributed by atoms with E-state index in [-0.39, 0.29) is 6.40 Å². The molecule has 0 N–H and O–H groups in total. The summed E-state index contributed by atoms with van der Waals surface area (Å²) < 4.78 is 42.8. The molecule has 0 atom stereocenters. The standard InChI is InChI=1S/C7H12F3N/c8-7(9,10)6-11-4-2-1-3-5-11/h1-6H2/i1D. The molecule has 1 fully saturated rings. The lowest BCUT2D eigenvalue weighted by Crippen LogP contribution is -2.37. The van der Waals surface area contributed by atoms with E-state index in [1.54, 1.807) is 0 Å². The fourth-order valence-corrected chi connectivity index (χ4v) is 1.22. The van der Waals surface area contributed by atoms with E-state index in [0.29, 0.717) is 25.9 Å². The zero-order valence-corrected chi connectivity index (χ0v) is 6.19. The van der Waals surface area contributed by atoms with Crippen LogP contribution in [0.3, 0.4) is 0 Å². The highest BCUT2D eigenvalue weighted by Gasteiger charge is 2.30.